The van der Waals surface area contributed by atoms with Gasteiger partial charge in [-0.3, -0.25) is 10.1 Å². The molecule has 2 aromatic carbocycles. The molecule has 0 fully saturated rings. The molecule has 0 saturated heterocycles. The molecule has 0 aliphatic rings. The average Bonchev–Trinajstić information content (AvgIpc) is 2.65. The van der Waals surface area contributed by atoms with Crippen molar-refractivity contribution in [2.45, 2.75) is 39.2 Å². The zero-order chi connectivity index (χ0) is 20.9. The van der Waals surface area contributed by atoms with Crippen LogP contribution < -0.4 is 10.5 Å². The lowest BCUT2D eigenvalue weighted by atomic mass is 9.87. The highest BCUT2D eigenvalue weighted by atomic mass is 16.7. The van der Waals surface area contributed by atoms with Gasteiger partial charge in [0.15, 0.2) is 11.9 Å². The third-order valence-electron chi connectivity index (χ3n) is 3.97. The minimum absolute atomic E-state index is 0.0210. The van der Waals surface area contributed by atoms with Crippen LogP contribution in [0.4, 0.5) is 5.69 Å². The second-order valence-electron chi connectivity index (χ2n) is 7.23. The van der Waals surface area contributed by atoms with Gasteiger partial charge < -0.3 is 15.3 Å². The Hall–Kier alpha value is -3.42. The SMILES string of the molecule is C[C@H](Oc1ccc(C(C)(C)C)cc1)C(=O)O/N=C(\N)c1ccc([N+](=O)[O-])cc1. The number of non-ortho nitro benzene ring substituents is 1. The van der Waals surface area contributed by atoms with Crippen molar-refractivity contribution in [2.75, 3.05) is 0 Å². The predicted octanol–water partition coefficient (Wildman–Crippen LogP) is 3.52. The van der Waals surface area contributed by atoms with E-state index < -0.39 is 17.0 Å². The van der Waals surface area contributed by atoms with Gasteiger partial charge in [0.05, 0.1) is 4.92 Å². The number of nitro benzene ring substituents is 1. The van der Waals surface area contributed by atoms with Crippen LogP contribution >= 0.6 is 0 Å². The van der Waals surface area contributed by atoms with Crippen LogP contribution in [0.15, 0.2) is 53.7 Å². The van der Waals surface area contributed by atoms with E-state index in [9.17, 15) is 14.9 Å². The molecular formula is C20H23N3O5. The first-order valence-corrected chi connectivity index (χ1v) is 8.64. The largest absolute Gasteiger partial charge is 0.479 e. The highest BCUT2D eigenvalue weighted by Crippen LogP contribution is 2.24. The standard InChI is InChI=1S/C20H23N3O5/c1-13(27-17-11-7-15(8-12-17)20(2,3)4)19(24)28-22-18(21)14-5-9-16(10-6-14)23(25)26/h5-13H,1-4H3,(H2,21,22)/t13-/m0/s1. The minimum atomic E-state index is -0.895. The van der Waals surface area contributed by atoms with Gasteiger partial charge in [0, 0.05) is 17.7 Å². The van der Waals surface area contributed by atoms with Crippen LogP contribution in [-0.4, -0.2) is 22.8 Å². The van der Waals surface area contributed by atoms with Crippen LogP contribution in [0.2, 0.25) is 0 Å². The lowest BCUT2D eigenvalue weighted by molar-refractivity contribution is -0.384. The maximum atomic E-state index is 12.1. The predicted molar refractivity (Wildman–Crippen MR) is 105 cm³/mol. The molecule has 0 unspecified atom stereocenters. The normalized spacial score (nSPS) is 12.9. The number of rotatable bonds is 6. The number of carbonyl (C=O) groups excluding carboxylic acids is 1. The molecule has 0 bridgehead atoms. The van der Waals surface area contributed by atoms with Crippen molar-refractivity contribution >= 4 is 17.5 Å². The van der Waals surface area contributed by atoms with E-state index in [0.29, 0.717) is 11.3 Å². The zero-order valence-corrected chi connectivity index (χ0v) is 16.2. The first kappa shape index (κ1) is 20.9. The molecule has 0 amide bonds. The van der Waals surface area contributed by atoms with Gasteiger partial charge in [-0.2, -0.15) is 0 Å². The molecule has 148 valence electrons. The Morgan fingerprint density at radius 2 is 1.68 bits per heavy atom. The average molecular weight is 385 g/mol. The molecule has 8 heteroatoms. The molecule has 28 heavy (non-hydrogen) atoms. The number of nitrogens with two attached hydrogens (primary N) is 1. The van der Waals surface area contributed by atoms with E-state index in [1.54, 1.807) is 12.1 Å². The molecular weight excluding hydrogens is 362 g/mol. The van der Waals surface area contributed by atoms with Crippen LogP contribution in [0.3, 0.4) is 0 Å². The molecule has 0 heterocycles. The van der Waals surface area contributed by atoms with Crippen molar-refractivity contribution in [1.29, 1.82) is 0 Å². The van der Waals surface area contributed by atoms with Crippen molar-refractivity contribution < 1.29 is 19.3 Å². The summed E-state index contributed by atoms with van der Waals surface area (Å²) in [7, 11) is 0. The summed E-state index contributed by atoms with van der Waals surface area (Å²) in [5.41, 5.74) is 7.23. The van der Waals surface area contributed by atoms with Crippen LogP contribution in [-0.2, 0) is 15.0 Å². The maximum Gasteiger partial charge on any atom is 0.374 e. The van der Waals surface area contributed by atoms with E-state index in [2.05, 4.69) is 25.9 Å². The smallest absolute Gasteiger partial charge is 0.374 e. The number of hydrogen-bond acceptors (Lipinski definition) is 6. The monoisotopic (exact) mass is 385 g/mol. The third kappa shape index (κ3) is 5.54. The van der Waals surface area contributed by atoms with Gasteiger partial charge in [0.1, 0.15) is 5.75 Å². The molecule has 8 nitrogen and oxygen atoms in total. The van der Waals surface area contributed by atoms with Crippen LogP contribution in [0.1, 0.15) is 38.8 Å². The molecule has 2 rings (SSSR count). The highest BCUT2D eigenvalue weighted by Gasteiger charge is 2.18. The Labute approximate surface area is 163 Å². The zero-order valence-electron chi connectivity index (χ0n) is 16.2. The number of amidine groups is 1. The lowest BCUT2D eigenvalue weighted by Crippen LogP contribution is -2.26. The van der Waals surface area contributed by atoms with Crippen molar-refractivity contribution in [3.05, 3.63) is 69.8 Å². The molecule has 0 saturated carbocycles. The first-order valence-electron chi connectivity index (χ1n) is 8.64. The second kappa shape index (κ2) is 8.51. The summed E-state index contributed by atoms with van der Waals surface area (Å²) in [6.45, 7) is 7.86. The summed E-state index contributed by atoms with van der Waals surface area (Å²) in [5.74, 6) is -0.264. The van der Waals surface area contributed by atoms with Crippen LogP contribution in [0.25, 0.3) is 0 Å². The summed E-state index contributed by atoms with van der Waals surface area (Å²) in [5, 5.41) is 14.2. The number of carbonyl (C=O) groups is 1. The summed E-state index contributed by atoms with van der Waals surface area (Å²) in [6.07, 6.45) is -0.895. The van der Waals surface area contributed by atoms with Gasteiger partial charge in [-0.15, -0.1) is 0 Å². The second-order valence-corrected chi connectivity index (χ2v) is 7.23. The van der Waals surface area contributed by atoms with Crippen molar-refractivity contribution in [3.63, 3.8) is 0 Å². The van der Waals surface area contributed by atoms with E-state index in [0.717, 1.165) is 5.56 Å². The van der Waals surface area contributed by atoms with Crippen molar-refractivity contribution in [2.24, 2.45) is 10.9 Å². The Bertz CT molecular complexity index is 868. The molecule has 0 radical (unpaired) electrons. The fourth-order valence-corrected chi connectivity index (χ4v) is 2.26. The molecule has 0 spiro atoms. The number of nitro groups is 1. The molecule has 1 atom stereocenters. The van der Waals surface area contributed by atoms with Gasteiger partial charge in [-0.1, -0.05) is 38.1 Å². The summed E-state index contributed by atoms with van der Waals surface area (Å²) >= 11 is 0. The number of ether oxygens (including phenoxy) is 1. The maximum absolute atomic E-state index is 12.1. The Balaban J connectivity index is 1.96. The molecule has 2 N–H and O–H groups in total. The highest BCUT2D eigenvalue weighted by molar-refractivity contribution is 5.97. The molecule has 0 aliphatic heterocycles. The Morgan fingerprint density at radius 1 is 1.11 bits per heavy atom. The van der Waals surface area contributed by atoms with E-state index in [4.69, 9.17) is 15.3 Å². The molecule has 2 aromatic rings. The van der Waals surface area contributed by atoms with Gasteiger partial charge in [-0.05, 0) is 42.2 Å². The number of nitrogens with zero attached hydrogens (tertiary/aromatic N) is 2. The summed E-state index contributed by atoms with van der Waals surface area (Å²) in [4.78, 5) is 27.0. The van der Waals surface area contributed by atoms with Crippen molar-refractivity contribution in [1.82, 2.24) is 0 Å². The van der Waals surface area contributed by atoms with Crippen LogP contribution in [0.5, 0.6) is 5.75 Å². The van der Waals surface area contributed by atoms with E-state index in [1.165, 1.54) is 31.2 Å². The number of benzene rings is 2. The Morgan fingerprint density at radius 3 is 2.18 bits per heavy atom. The lowest BCUT2D eigenvalue weighted by Gasteiger charge is -2.19. The van der Waals surface area contributed by atoms with Gasteiger partial charge >= 0.3 is 5.97 Å². The summed E-state index contributed by atoms with van der Waals surface area (Å²) < 4.78 is 5.56. The Kier molecular flexibility index (Phi) is 6.35. The topological polar surface area (TPSA) is 117 Å². The van der Waals surface area contributed by atoms with E-state index in [-0.39, 0.29) is 16.9 Å². The number of hydrogen-bond donors (Lipinski definition) is 1. The quantitative estimate of drug-likeness (QED) is 0.267. The first-order chi connectivity index (χ1) is 13.1. The van der Waals surface area contributed by atoms with Gasteiger partial charge in [0.2, 0.25) is 0 Å². The summed E-state index contributed by atoms with van der Waals surface area (Å²) in [6, 6.07) is 12.9. The van der Waals surface area contributed by atoms with E-state index >= 15 is 0 Å². The van der Waals surface area contributed by atoms with Gasteiger partial charge in [-0.25, -0.2) is 4.79 Å². The van der Waals surface area contributed by atoms with E-state index in [1.807, 2.05) is 12.1 Å². The third-order valence-corrected chi connectivity index (χ3v) is 3.97. The number of oxime groups is 1. The molecule has 0 aromatic heterocycles. The van der Waals surface area contributed by atoms with Crippen LogP contribution in [0, 0.1) is 10.1 Å². The fraction of sp³-hybridized carbons (Fsp3) is 0.300. The minimum Gasteiger partial charge on any atom is -0.479 e. The van der Waals surface area contributed by atoms with Gasteiger partial charge in [0.25, 0.3) is 5.69 Å². The van der Waals surface area contributed by atoms with Crippen molar-refractivity contribution in [3.8, 4) is 5.75 Å². The molecule has 0 aliphatic carbocycles. The fourth-order valence-electron chi connectivity index (χ4n) is 2.26.